The van der Waals surface area contributed by atoms with Crippen molar-refractivity contribution < 1.29 is 4.74 Å². The van der Waals surface area contributed by atoms with Gasteiger partial charge >= 0.3 is 0 Å². The Hall–Kier alpha value is -0.420. The van der Waals surface area contributed by atoms with Crippen molar-refractivity contribution in [2.45, 2.75) is 44.9 Å². The number of hydrogen-bond donors (Lipinski definition) is 1. The van der Waals surface area contributed by atoms with Gasteiger partial charge in [0.25, 0.3) is 0 Å². The van der Waals surface area contributed by atoms with Crippen LogP contribution in [-0.2, 0) is 4.74 Å². The van der Waals surface area contributed by atoms with Crippen LogP contribution >= 0.6 is 11.3 Å². The lowest BCUT2D eigenvalue weighted by atomic mass is 10.1. The van der Waals surface area contributed by atoms with Gasteiger partial charge in [-0.1, -0.05) is 6.92 Å². The largest absolute Gasteiger partial charge is 0.373 e. The summed E-state index contributed by atoms with van der Waals surface area (Å²) in [5, 5.41) is 3.62. The molecule has 0 spiro atoms. The van der Waals surface area contributed by atoms with E-state index in [1.165, 1.54) is 29.1 Å². The van der Waals surface area contributed by atoms with Crippen LogP contribution in [0, 0.1) is 6.92 Å². The number of ether oxygens (including phenoxy) is 1. The van der Waals surface area contributed by atoms with Crippen molar-refractivity contribution in [1.82, 2.24) is 10.2 Å². The van der Waals surface area contributed by atoms with Gasteiger partial charge in [0, 0.05) is 22.3 Å². The minimum absolute atomic E-state index is 0.298. The molecule has 3 nitrogen and oxygen atoms in total. The highest BCUT2D eigenvalue weighted by Gasteiger charge is 2.36. The Bertz CT molecular complexity index is 420. The smallest absolute Gasteiger partial charge is 0.0905 e. The fourth-order valence-corrected chi connectivity index (χ4v) is 4.31. The first-order valence-electron chi connectivity index (χ1n) is 7.43. The second-order valence-corrected chi connectivity index (χ2v) is 6.97. The molecule has 3 atom stereocenters. The number of likely N-dealkylation sites (N-methyl/N-ethyl adjacent to an activating group) is 1. The minimum Gasteiger partial charge on any atom is -0.373 e. The second-order valence-electron chi connectivity index (χ2n) is 5.65. The molecule has 106 valence electrons. The van der Waals surface area contributed by atoms with Gasteiger partial charge in [0.15, 0.2) is 0 Å². The van der Waals surface area contributed by atoms with E-state index in [-0.39, 0.29) is 0 Å². The Morgan fingerprint density at radius 1 is 1.53 bits per heavy atom. The van der Waals surface area contributed by atoms with Gasteiger partial charge in [-0.15, -0.1) is 11.3 Å². The standard InChI is InChI=1S/C15H24N2OS/c1-3-16-15(14-7-6-11(2)19-14)13-9-17-8-4-5-12(17)10-18-13/h6-7,12-13,15-16H,3-5,8-10H2,1-2H3. The highest BCUT2D eigenvalue weighted by atomic mass is 32.1. The molecule has 1 aromatic rings. The number of rotatable bonds is 4. The van der Waals surface area contributed by atoms with Crippen LogP contribution in [0.25, 0.3) is 0 Å². The molecule has 0 bridgehead atoms. The fourth-order valence-electron chi connectivity index (χ4n) is 3.30. The van der Waals surface area contributed by atoms with Crippen LogP contribution in [0.15, 0.2) is 12.1 Å². The van der Waals surface area contributed by atoms with Gasteiger partial charge in [0.2, 0.25) is 0 Å². The third kappa shape index (κ3) is 2.87. The molecular formula is C15H24N2OS. The molecule has 0 radical (unpaired) electrons. The van der Waals surface area contributed by atoms with Crippen molar-refractivity contribution in [2.75, 3.05) is 26.2 Å². The van der Waals surface area contributed by atoms with Crippen LogP contribution < -0.4 is 5.32 Å². The van der Waals surface area contributed by atoms with E-state index in [4.69, 9.17) is 4.74 Å². The molecule has 0 aromatic carbocycles. The van der Waals surface area contributed by atoms with Gasteiger partial charge in [-0.3, -0.25) is 4.90 Å². The van der Waals surface area contributed by atoms with E-state index in [2.05, 4.69) is 36.2 Å². The lowest BCUT2D eigenvalue weighted by molar-refractivity contribution is -0.0645. The van der Waals surface area contributed by atoms with Crippen molar-refractivity contribution >= 4 is 11.3 Å². The van der Waals surface area contributed by atoms with E-state index < -0.39 is 0 Å². The van der Waals surface area contributed by atoms with Gasteiger partial charge in [-0.25, -0.2) is 0 Å². The lowest BCUT2D eigenvalue weighted by Crippen LogP contribution is -2.50. The van der Waals surface area contributed by atoms with E-state index in [9.17, 15) is 0 Å². The molecule has 0 aliphatic carbocycles. The summed E-state index contributed by atoms with van der Waals surface area (Å²) in [5.41, 5.74) is 0. The van der Waals surface area contributed by atoms with Crippen molar-refractivity contribution in [3.8, 4) is 0 Å². The number of nitrogens with one attached hydrogen (secondary N) is 1. The lowest BCUT2D eigenvalue weighted by Gasteiger charge is -2.38. The molecule has 3 heterocycles. The van der Waals surface area contributed by atoms with E-state index in [1.54, 1.807) is 0 Å². The molecule has 2 aliphatic heterocycles. The summed E-state index contributed by atoms with van der Waals surface area (Å²) in [6, 6.07) is 5.51. The first kappa shape index (κ1) is 13.6. The highest BCUT2D eigenvalue weighted by molar-refractivity contribution is 7.12. The third-order valence-corrected chi connectivity index (χ3v) is 5.36. The molecule has 2 fully saturated rings. The van der Waals surface area contributed by atoms with Crippen LogP contribution in [-0.4, -0.2) is 43.3 Å². The molecule has 3 rings (SSSR count). The number of aryl methyl sites for hydroxylation is 1. The van der Waals surface area contributed by atoms with Crippen LogP contribution in [0.5, 0.6) is 0 Å². The maximum absolute atomic E-state index is 6.17. The van der Waals surface area contributed by atoms with E-state index >= 15 is 0 Å². The summed E-state index contributed by atoms with van der Waals surface area (Å²) in [7, 11) is 0. The maximum Gasteiger partial charge on any atom is 0.0905 e. The summed E-state index contributed by atoms with van der Waals surface area (Å²) < 4.78 is 6.17. The average molecular weight is 280 g/mol. The van der Waals surface area contributed by atoms with Crippen LogP contribution in [0.2, 0.25) is 0 Å². The summed E-state index contributed by atoms with van der Waals surface area (Å²) in [6.45, 7) is 8.60. The molecular weight excluding hydrogens is 256 g/mol. The SMILES string of the molecule is CCNC(c1ccc(C)s1)C1CN2CCCC2CO1. The summed E-state index contributed by atoms with van der Waals surface area (Å²) in [6.07, 6.45) is 2.95. The highest BCUT2D eigenvalue weighted by Crippen LogP contribution is 2.31. The van der Waals surface area contributed by atoms with Crippen LogP contribution in [0.4, 0.5) is 0 Å². The van der Waals surface area contributed by atoms with Gasteiger partial charge in [0.05, 0.1) is 18.8 Å². The summed E-state index contributed by atoms with van der Waals surface area (Å²) in [4.78, 5) is 5.42. The first-order chi connectivity index (χ1) is 9.28. The zero-order valence-corrected chi connectivity index (χ0v) is 12.7. The van der Waals surface area contributed by atoms with Gasteiger partial charge < -0.3 is 10.1 Å². The quantitative estimate of drug-likeness (QED) is 0.917. The van der Waals surface area contributed by atoms with Gasteiger partial charge in [0.1, 0.15) is 0 Å². The second kappa shape index (κ2) is 5.92. The van der Waals surface area contributed by atoms with Crippen molar-refractivity contribution in [2.24, 2.45) is 0 Å². The minimum atomic E-state index is 0.298. The Morgan fingerprint density at radius 2 is 2.42 bits per heavy atom. The monoisotopic (exact) mass is 280 g/mol. The fraction of sp³-hybridized carbons (Fsp3) is 0.733. The summed E-state index contributed by atoms with van der Waals surface area (Å²) >= 11 is 1.89. The molecule has 3 unspecified atom stereocenters. The third-order valence-electron chi connectivity index (χ3n) is 4.28. The Labute approximate surface area is 119 Å². The molecule has 1 N–H and O–H groups in total. The molecule has 19 heavy (non-hydrogen) atoms. The predicted octanol–water partition coefficient (Wildman–Crippen LogP) is 2.57. The number of nitrogens with zero attached hydrogens (tertiary/aromatic N) is 1. The Morgan fingerprint density at radius 3 is 3.16 bits per heavy atom. The molecule has 0 amide bonds. The van der Waals surface area contributed by atoms with Crippen molar-refractivity contribution in [3.05, 3.63) is 21.9 Å². The molecule has 1 aromatic heterocycles. The maximum atomic E-state index is 6.17. The van der Waals surface area contributed by atoms with E-state index in [0.29, 0.717) is 18.2 Å². The predicted molar refractivity (Wildman–Crippen MR) is 79.8 cm³/mol. The molecule has 4 heteroatoms. The zero-order valence-electron chi connectivity index (χ0n) is 11.9. The van der Waals surface area contributed by atoms with E-state index in [1.807, 2.05) is 11.3 Å². The van der Waals surface area contributed by atoms with Gasteiger partial charge in [-0.05, 0) is 45.0 Å². The Kier molecular flexibility index (Phi) is 4.22. The first-order valence-corrected chi connectivity index (χ1v) is 8.25. The van der Waals surface area contributed by atoms with Gasteiger partial charge in [-0.2, -0.15) is 0 Å². The van der Waals surface area contributed by atoms with Crippen molar-refractivity contribution in [3.63, 3.8) is 0 Å². The normalized spacial score (nSPS) is 29.4. The summed E-state index contributed by atoms with van der Waals surface area (Å²) in [5.74, 6) is 0. The number of thiophene rings is 1. The molecule has 2 saturated heterocycles. The van der Waals surface area contributed by atoms with Crippen molar-refractivity contribution in [1.29, 1.82) is 0 Å². The number of fused-ring (bicyclic) bond motifs is 1. The van der Waals surface area contributed by atoms with Crippen LogP contribution in [0.3, 0.4) is 0 Å². The molecule has 0 saturated carbocycles. The average Bonchev–Trinajstić information content (AvgIpc) is 3.03. The van der Waals surface area contributed by atoms with Crippen LogP contribution in [0.1, 0.15) is 35.6 Å². The number of hydrogen-bond acceptors (Lipinski definition) is 4. The van der Waals surface area contributed by atoms with E-state index in [0.717, 1.165) is 19.7 Å². The number of morpholine rings is 1. The zero-order chi connectivity index (χ0) is 13.2. The Balaban J connectivity index is 1.73. The molecule has 2 aliphatic rings. The topological polar surface area (TPSA) is 24.5 Å².